The fourth-order valence-corrected chi connectivity index (χ4v) is 3.53. The van der Waals surface area contributed by atoms with Crippen LogP contribution in [0.3, 0.4) is 0 Å². The van der Waals surface area contributed by atoms with E-state index in [1.807, 2.05) is 18.7 Å². The third kappa shape index (κ3) is 3.22. The van der Waals surface area contributed by atoms with Crippen LogP contribution in [0.15, 0.2) is 4.52 Å². The molecule has 24 heavy (non-hydrogen) atoms. The first-order chi connectivity index (χ1) is 11.5. The van der Waals surface area contributed by atoms with Crippen LogP contribution in [-0.4, -0.2) is 51.5 Å². The van der Waals surface area contributed by atoms with E-state index in [9.17, 15) is 9.59 Å². The van der Waals surface area contributed by atoms with Gasteiger partial charge in [0.2, 0.25) is 11.8 Å². The molecule has 2 aliphatic heterocycles. The molecule has 8 heteroatoms. The average molecular weight is 335 g/mol. The van der Waals surface area contributed by atoms with Gasteiger partial charge in [0.1, 0.15) is 0 Å². The van der Waals surface area contributed by atoms with E-state index >= 15 is 0 Å². The molecule has 132 valence electrons. The second-order valence-electron chi connectivity index (χ2n) is 6.96. The minimum atomic E-state index is -0.454. The minimum absolute atomic E-state index is 0.0688. The van der Waals surface area contributed by atoms with Crippen molar-refractivity contribution >= 4 is 11.9 Å². The second-order valence-corrected chi connectivity index (χ2v) is 6.96. The van der Waals surface area contributed by atoms with Crippen molar-refractivity contribution in [3.63, 3.8) is 0 Å². The molecule has 0 spiro atoms. The van der Waals surface area contributed by atoms with Gasteiger partial charge >= 0.3 is 6.03 Å². The Labute approximate surface area is 141 Å². The van der Waals surface area contributed by atoms with Crippen LogP contribution in [-0.2, 0) is 4.79 Å². The number of carbonyl (C=O) groups excluding carboxylic acids is 2. The molecule has 1 aromatic rings. The molecule has 0 saturated carbocycles. The quantitative estimate of drug-likeness (QED) is 0.904. The fraction of sp³-hybridized carbons (Fsp3) is 0.750. The molecule has 2 N–H and O–H groups in total. The zero-order chi connectivity index (χ0) is 17.3. The highest BCUT2D eigenvalue weighted by atomic mass is 16.5. The zero-order valence-electron chi connectivity index (χ0n) is 14.3. The lowest BCUT2D eigenvalue weighted by molar-refractivity contribution is -0.138. The van der Waals surface area contributed by atoms with Gasteiger partial charge in [-0.1, -0.05) is 19.0 Å². The molecule has 2 fully saturated rings. The van der Waals surface area contributed by atoms with Crippen molar-refractivity contribution in [2.24, 2.45) is 11.7 Å². The number of aromatic nitrogens is 2. The summed E-state index contributed by atoms with van der Waals surface area (Å²) < 4.78 is 5.29. The maximum atomic E-state index is 13.0. The van der Waals surface area contributed by atoms with Gasteiger partial charge in [-0.25, -0.2) is 4.79 Å². The third-order valence-corrected chi connectivity index (χ3v) is 4.87. The summed E-state index contributed by atoms with van der Waals surface area (Å²) in [6.45, 7) is 5.72. The molecular weight excluding hydrogens is 310 g/mol. The SMILES string of the molecule is CC(C)c1nc([C@H]2CCCN2C(=O)[C@@H]2CCCN(C(N)=O)C2)no1. The molecule has 0 aliphatic carbocycles. The van der Waals surface area contributed by atoms with E-state index in [1.165, 1.54) is 0 Å². The fourth-order valence-electron chi connectivity index (χ4n) is 3.53. The van der Waals surface area contributed by atoms with Gasteiger partial charge < -0.3 is 20.1 Å². The molecule has 3 heterocycles. The van der Waals surface area contributed by atoms with Crippen LogP contribution < -0.4 is 5.73 Å². The van der Waals surface area contributed by atoms with Crippen LogP contribution in [0, 0.1) is 5.92 Å². The summed E-state index contributed by atoms with van der Waals surface area (Å²) >= 11 is 0. The maximum absolute atomic E-state index is 13.0. The maximum Gasteiger partial charge on any atom is 0.314 e. The van der Waals surface area contributed by atoms with Crippen molar-refractivity contribution in [2.75, 3.05) is 19.6 Å². The first-order valence-corrected chi connectivity index (χ1v) is 8.65. The topological polar surface area (TPSA) is 106 Å². The van der Waals surface area contributed by atoms with E-state index in [2.05, 4.69) is 10.1 Å². The first kappa shape index (κ1) is 16.7. The Morgan fingerprint density at radius 3 is 2.67 bits per heavy atom. The summed E-state index contributed by atoms with van der Waals surface area (Å²) in [7, 11) is 0. The molecule has 2 atom stereocenters. The number of nitrogens with zero attached hydrogens (tertiary/aromatic N) is 4. The molecule has 0 bridgehead atoms. The van der Waals surface area contributed by atoms with Gasteiger partial charge in [0, 0.05) is 25.6 Å². The van der Waals surface area contributed by atoms with Crippen LogP contribution >= 0.6 is 0 Å². The van der Waals surface area contributed by atoms with Gasteiger partial charge in [-0.3, -0.25) is 4.79 Å². The van der Waals surface area contributed by atoms with Gasteiger partial charge in [0.05, 0.1) is 12.0 Å². The molecule has 0 aromatic carbocycles. The lowest BCUT2D eigenvalue weighted by atomic mass is 9.96. The predicted octanol–water partition coefficient (Wildman–Crippen LogP) is 1.65. The Balaban J connectivity index is 1.72. The monoisotopic (exact) mass is 335 g/mol. The number of piperidine rings is 1. The van der Waals surface area contributed by atoms with E-state index in [0.717, 1.165) is 25.7 Å². The van der Waals surface area contributed by atoms with E-state index in [-0.39, 0.29) is 23.8 Å². The molecule has 3 rings (SSSR count). The number of likely N-dealkylation sites (tertiary alicyclic amines) is 2. The summed E-state index contributed by atoms with van der Waals surface area (Å²) in [5.41, 5.74) is 5.36. The Morgan fingerprint density at radius 1 is 1.25 bits per heavy atom. The zero-order valence-corrected chi connectivity index (χ0v) is 14.3. The van der Waals surface area contributed by atoms with Gasteiger partial charge in [-0.05, 0) is 25.7 Å². The summed E-state index contributed by atoms with van der Waals surface area (Å²) in [5.74, 6) is 1.23. The molecular formula is C16H25N5O3. The number of primary amides is 1. The second kappa shape index (κ2) is 6.78. The number of rotatable bonds is 3. The number of urea groups is 1. The van der Waals surface area contributed by atoms with Crippen LogP contribution in [0.2, 0.25) is 0 Å². The molecule has 3 amide bonds. The summed E-state index contributed by atoms with van der Waals surface area (Å²) in [6.07, 6.45) is 3.36. The van der Waals surface area contributed by atoms with Gasteiger partial charge in [0.25, 0.3) is 0 Å². The largest absolute Gasteiger partial charge is 0.351 e. The lowest BCUT2D eigenvalue weighted by Gasteiger charge is -2.34. The van der Waals surface area contributed by atoms with E-state index < -0.39 is 6.03 Å². The highest BCUT2D eigenvalue weighted by Crippen LogP contribution is 2.33. The Kier molecular flexibility index (Phi) is 4.73. The summed E-state index contributed by atoms with van der Waals surface area (Å²) in [6, 6.07) is -0.581. The van der Waals surface area contributed by atoms with Crippen LogP contribution in [0.4, 0.5) is 4.79 Å². The Morgan fingerprint density at radius 2 is 2.00 bits per heavy atom. The van der Waals surface area contributed by atoms with E-state index in [4.69, 9.17) is 10.3 Å². The Hall–Kier alpha value is -2.12. The van der Waals surface area contributed by atoms with Gasteiger partial charge in [-0.2, -0.15) is 4.98 Å². The van der Waals surface area contributed by atoms with Crippen LogP contribution in [0.5, 0.6) is 0 Å². The van der Waals surface area contributed by atoms with E-state index in [0.29, 0.717) is 31.3 Å². The number of hydrogen-bond acceptors (Lipinski definition) is 5. The predicted molar refractivity (Wildman–Crippen MR) is 86.0 cm³/mol. The number of carbonyl (C=O) groups is 2. The normalized spacial score (nSPS) is 24.6. The molecule has 1 aromatic heterocycles. The summed E-state index contributed by atoms with van der Waals surface area (Å²) in [5, 5.41) is 4.08. The minimum Gasteiger partial charge on any atom is -0.351 e. The smallest absolute Gasteiger partial charge is 0.314 e. The van der Waals surface area contributed by atoms with Crippen LogP contribution in [0.25, 0.3) is 0 Å². The highest BCUT2D eigenvalue weighted by Gasteiger charge is 2.38. The highest BCUT2D eigenvalue weighted by molar-refractivity contribution is 5.81. The van der Waals surface area contributed by atoms with Gasteiger partial charge in [0.15, 0.2) is 5.82 Å². The number of amides is 3. The molecule has 2 aliphatic rings. The number of nitrogens with two attached hydrogens (primary N) is 1. The van der Waals surface area contributed by atoms with E-state index in [1.54, 1.807) is 4.90 Å². The van der Waals surface area contributed by atoms with Crippen molar-refractivity contribution < 1.29 is 14.1 Å². The van der Waals surface area contributed by atoms with Crippen molar-refractivity contribution in [3.05, 3.63) is 11.7 Å². The summed E-state index contributed by atoms with van der Waals surface area (Å²) in [4.78, 5) is 32.2. The van der Waals surface area contributed by atoms with Crippen molar-refractivity contribution in [1.82, 2.24) is 19.9 Å². The molecule has 0 radical (unpaired) electrons. The van der Waals surface area contributed by atoms with Crippen molar-refractivity contribution in [2.45, 2.75) is 51.5 Å². The average Bonchev–Trinajstić information content (AvgIpc) is 3.23. The third-order valence-electron chi connectivity index (χ3n) is 4.87. The van der Waals surface area contributed by atoms with Gasteiger partial charge in [-0.15, -0.1) is 0 Å². The number of hydrogen-bond donors (Lipinski definition) is 1. The van der Waals surface area contributed by atoms with Crippen molar-refractivity contribution in [1.29, 1.82) is 0 Å². The first-order valence-electron chi connectivity index (χ1n) is 8.65. The lowest BCUT2D eigenvalue weighted by Crippen LogP contribution is -2.48. The Bertz CT molecular complexity index is 615. The van der Waals surface area contributed by atoms with Crippen molar-refractivity contribution in [3.8, 4) is 0 Å². The molecule has 2 saturated heterocycles. The molecule has 8 nitrogen and oxygen atoms in total. The standard InChI is InChI=1S/C16H25N5O3/c1-10(2)14-18-13(19-24-14)12-6-4-8-21(12)15(22)11-5-3-7-20(9-11)16(17)23/h10-12H,3-9H2,1-2H3,(H2,17,23)/t11-,12-/m1/s1. The van der Waals surface area contributed by atoms with Crippen LogP contribution in [0.1, 0.15) is 63.2 Å². The molecule has 0 unspecified atom stereocenters.